The summed E-state index contributed by atoms with van der Waals surface area (Å²) in [6, 6.07) is 1.87. The van der Waals surface area contributed by atoms with Crippen LogP contribution in [0, 0.1) is 11.3 Å². The normalized spacial score (nSPS) is 16.2. The van der Waals surface area contributed by atoms with Gasteiger partial charge in [-0.3, -0.25) is 14.5 Å². The summed E-state index contributed by atoms with van der Waals surface area (Å²) in [5.41, 5.74) is 0.662. The second kappa shape index (κ2) is 6.92. The minimum absolute atomic E-state index is 0.101. The van der Waals surface area contributed by atoms with Crippen molar-refractivity contribution in [1.29, 1.82) is 5.26 Å². The lowest BCUT2D eigenvalue weighted by Crippen LogP contribution is -2.42. The van der Waals surface area contributed by atoms with E-state index in [2.05, 4.69) is 0 Å². The largest absolute Gasteiger partial charge is 0.381 e. The molecule has 0 bridgehead atoms. The van der Waals surface area contributed by atoms with Gasteiger partial charge in [0.2, 0.25) is 5.91 Å². The molecule has 5 nitrogen and oxygen atoms in total. The second-order valence-electron chi connectivity index (χ2n) is 4.26. The number of imide groups is 1. The van der Waals surface area contributed by atoms with Crippen molar-refractivity contribution >= 4 is 11.8 Å². The summed E-state index contributed by atoms with van der Waals surface area (Å²) in [4.78, 5) is 24.8. The number of ether oxygens (including phenoxy) is 1. The van der Waals surface area contributed by atoms with E-state index in [0.717, 1.165) is 11.3 Å². The van der Waals surface area contributed by atoms with Gasteiger partial charge >= 0.3 is 0 Å². The Morgan fingerprint density at radius 2 is 2.11 bits per heavy atom. The van der Waals surface area contributed by atoms with Crippen LogP contribution >= 0.6 is 0 Å². The van der Waals surface area contributed by atoms with Crippen molar-refractivity contribution in [3.8, 4) is 6.07 Å². The van der Waals surface area contributed by atoms with Gasteiger partial charge in [-0.15, -0.1) is 0 Å². The fraction of sp³-hybridized carbons (Fsp3) is 0.615. The van der Waals surface area contributed by atoms with Crippen LogP contribution in [0.25, 0.3) is 0 Å². The molecule has 0 N–H and O–H groups in total. The highest BCUT2D eigenvalue weighted by atomic mass is 16.5. The third-order valence-corrected chi connectivity index (χ3v) is 2.73. The van der Waals surface area contributed by atoms with E-state index in [-0.39, 0.29) is 17.9 Å². The van der Waals surface area contributed by atoms with Crippen LogP contribution in [-0.4, -0.2) is 36.5 Å². The Hall–Kier alpha value is -1.67. The van der Waals surface area contributed by atoms with E-state index in [4.69, 9.17) is 10.00 Å². The monoisotopic (exact) mass is 250 g/mol. The van der Waals surface area contributed by atoms with Gasteiger partial charge in [-0.2, -0.15) is 5.26 Å². The summed E-state index contributed by atoms with van der Waals surface area (Å²) in [6.07, 6.45) is 1.71. The van der Waals surface area contributed by atoms with Gasteiger partial charge in [0.15, 0.2) is 0 Å². The number of nitrogens with zero attached hydrogens (tertiary/aromatic N) is 2. The highest BCUT2D eigenvalue weighted by Gasteiger charge is 2.30. The van der Waals surface area contributed by atoms with Crippen LogP contribution in [-0.2, 0) is 14.3 Å². The molecule has 5 heteroatoms. The molecule has 0 aromatic heterocycles. The summed E-state index contributed by atoms with van der Waals surface area (Å²) in [7, 11) is 0. The van der Waals surface area contributed by atoms with Crippen LogP contribution in [0.15, 0.2) is 11.1 Å². The maximum atomic E-state index is 11.9. The predicted octanol–water partition coefficient (Wildman–Crippen LogP) is 1.40. The first-order valence-corrected chi connectivity index (χ1v) is 6.14. The van der Waals surface area contributed by atoms with Crippen LogP contribution in [0.1, 0.15) is 33.1 Å². The third kappa shape index (κ3) is 3.41. The summed E-state index contributed by atoms with van der Waals surface area (Å²) in [6.45, 7) is 5.19. The molecule has 1 rings (SSSR count). The van der Waals surface area contributed by atoms with Crippen LogP contribution in [0.5, 0.6) is 0 Å². The molecule has 0 spiro atoms. The van der Waals surface area contributed by atoms with Gasteiger partial charge < -0.3 is 4.74 Å². The number of carbonyl (C=O) groups is 2. The van der Waals surface area contributed by atoms with Crippen molar-refractivity contribution in [2.75, 3.05) is 19.8 Å². The molecule has 0 unspecified atom stereocenters. The predicted molar refractivity (Wildman–Crippen MR) is 65.4 cm³/mol. The van der Waals surface area contributed by atoms with E-state index < -0.39 is 5.91 Å². The highest BCUT2D eigenvalue weighted by molar-refractivity contribution is 6.10. The third-order valence-electron chi connectivity index (χ3n) is 2.73. The summed E-state index contributed by atoms with van der Waals surface area (Å²) >= 11 is 0. The van der Waals surface area contributed by atoms with Gasteiger partial charge in [-0.1, -0.05) is 6.92 Å². The SMILES string of the molecule is CCCOCCCN1C(=O)CC(C)=C(C#N)C1=O. The van der Waals surface area contributed by atoms with E-state index in [0.29, 0.717) is 31.8 Å². The Bertz CT molecular complexity index is 407. The lowest BCUT2D eigenvalue weighted by atomic mass is 10.0. The Balaban J connectivity index is 2.54. The maximum absolute atomic E-state index is 11.9. The first kappa shape index (κ1) is 14.4. The molecule has 0 saturated carbocycles. The molecular weight excluding hydrogens is 232 g/mol. The number of carbonyl (C=O) groups excluding carboxylic acids is 2. The summed E-state index contributed by atoms with van der Waals surface area (Å²) in [5, 5.41) is 8.89. The molecule has 0 atom stereocenters. The molecule has 0 radical (unpaired) electrons. The van der Waals surface area contributed by atoms with E-state index in [1.54, 1.807) is 6.92 Å². The molecular formula is C13H18N2O3. The molecule has 0 saturated heterocycles. The number of amides is 2. The highest BCUT2D eigenvalue weighted by Crippen LogP contribution is 2.19. The lowest BCUT2D eigenvalue weighted by Gasteiger charge is -2.25. The molecule has 1 heterocycles. The lowest BCUT2D eigenvalue weighted by molar-refractivity contribution is -0.143. The Labute approximate surface area is 107 Å². The molecule has 2 amide bonds. The van der Waals surface area contributed by atoms with E-state index in [1.807, 2.05) is 13.0 Å². The van der Waals surface area contributed by atoms with Gasteiger partial charge in [0.05, 0.1) is 0 Å². The molecule has 1 aliphatic heterocycles. The molecule has 0 aromatic rings. The number of nitriles is 1. The fourth-order valence-electron chi connectivity index (χ4n) is 1.78. The molecule has 18 heavy (non-hydrogen) atoms. The fourth-order valence-corrected chi connectivity index (χ4v) is 1.78. The zero-order valence-corrected chi connectivity index (χ0v) is 10.9. The van der Waals surface area contributed by atoms with Gasteiger partial charge in [0.25, 0.3) is 5.91 Å². The van der Waals surface area contributed by atoms with Gasteiger partial charge in [0, 0.05) is 26.2 Å². The van der Waals surface area contributed by atoms with Gasteiger partial charge in [-0.25, -0.2) is 0 Å². The van der Waals surface area contributed by atoms with Crippen molar-refractivity contribution in [2.45, 2.75) is 33.1 Å². The maximum Gasteiger partial charge on any atom is 0.271 e. The van der Waals surface area contributed by atoms with Crippen LogP contribution in [0.4, 0.5) is 0 Å². The van der Waals surface area contributed by atoms with Crippen molar-refractivity contribution < 1.29 is 14.3 Å². The Morgan fingerprint density at radius 1 is 1.39 bits per heavy atom. The first-order chi connectivity index (χ1) is 8.61. The van der Waals surface area contributed by atoms with Crippen molar-refractivity contribution in [1.82, 2.24) is 4.90 Å². The number of hydrogen-bond acceptors (Lipinski definition) is 4. The minimum Gasteiger partial charge on any atom is -0.381 e. The molecule has 0 fully saturated rings. The standard InChI is InChI=1S/C13H18N2O3/c1-3-6-18-7-4-5-15-12(16)8-10(2)11(9-14)13(15)17/h3-8H2,1-2H3. The minimum atomic E-state index is -0.471. The number of hydrogen-bond donors (Lipinski definition) is 0. The van der Waals surface area contributed by atoms with Gasteiger partial charge in [-0.05, 0) is 25.3 Å². The zero-order chi connectivity index (χ0) is 13.5. The summed E-state index contributed by atoms with van der Waals surface area (Å²) < 4.78 is 5.29. The molecule has 98 valence electrons. The van der Waals surface area contributed by atoms with Crippen molar-refractivity contribution in [2.24, 2.45) is 0 Å². The zero-order valence-electron chi connectivity index (χ0n) is 10.9. The number of rotatable bonds is 6. The van der Waals surface area contributed by atoms with Gasteiger partial charge in [0.1, 0.15) is 11.6 Å². The summed E-state index contributed by atoms with van der Waals surface area (Å²) in [5.74, 6) is -0.700. The van der Waals surface area contributed by atoms with Crippen LogP contribution in [0.2, 0.25) is 0 Å². The first-order valence-electron chi connectivity index (χ1n) is 6.14. The molecule has 0 aromatic carbocycles. The average molecular weight is 250 g/mol. The van der Waals surface area contributed by atoms with Crippen molar-refractivity contribution in [3.05, 3.63) is 11.1 Å². The molecule has 0 aliphatic carbocycles. The smallest absolute Gasteiger partial charge is 0.271 e. The van der Waals surface area contributed by atoms with Crippen molar-refractivity contribution in [3.63, 3.8) is 0 Å². The van der Waals surface area contributed by atoms with E-state index >= 15 is 0 Å². The molecule has 1 aliphatic rings. The Morgan fingerprint density at radius 3 is 2.72 bits per heavy atom. The topological polar surface area (TPSA) is 70.4 Å². The Kier molecular flexibility index (Phi) is 5.53. The second-order valence-corrected chi connectivity index (χ2v) is 4.26. The average Bonchev–Trinajstić information content (AvgIpc) is 2.32. The van der Waals surface area contributed by atoms with Crippen LogP contribution in [0.3, 0.4) is 0 Å². The van der Waals surface area contributed by atoms with E-state index in [1.165, 1.54) is 0 Å². The van der Waals surface area contributed by atoms with E-state index in [9.17, 15) is 9.59 Å². The quantitative estimate of drug-likeness (QED) is 0.527. The van der Waals surface area contributed by atoms with Crippen LogP contribution < -0.4 is 0 Å².